The predicted molar refractivity (Wildman–Crippen MR) is 34.0 cm³/mol. The predicted octanol–water partition coefficient (Wildman–Crippen LogP) is 0.00830. The summed E-state index contributed by atoms with van der Waals surface area (Å²) in [4.78, 5) is 3.73. The molecule has 0 spiro atoms. The van der Waals surface area contributed by atoms with Crippen LogP contribution in [-0.4, -0.2) is 26.1 Å². The third-order valence-corrected chi connectivity index (χ3v) is 1.03. The van der Waals surface area contributed by atoms with Crippen molar-refractivity contribution in [3.8, 4) is 0 Å². The fraction of sp³-hybridized carbons (Fsp3) is 0.800. The molecule has 1 atom stereocenters. The smallest absolute Gasteiger partial charge is 0.123 e. The van der Waals surface area contributed by atoms with Gasteiger partial charge in [-0.05, 0) is 6.92 Å². The third-order valence-electron chi connectivity index (χ3n) is 1.03. The van der Waals surface area contributed by atoms with Crippen LogP contribution >= 0.6 is 0 Å². The maximum atomic E-state index is 5.35. The normalized spacial score (nSPS) is 16.1. The van der Waals surface area contributed by atoms with E-state index in [-0.39, 0.29) is 6.10 Å². The van der Waals surface area contributed by atoms with Crippen molar-refractivity contribution in [2.75, 3.05) is 14.2 Å². The number of ether oxygens (including phenoxy) is 1. The molecule has 0 rings (SSSR count). The highest BCUT2D eigenvalue weighted by atomic mass is 16.5. The van der Waals surface area contributed by atoms with Gasteiger partial charge in [-0.2, -0.15) is 0 Å². The van der Waals surface area contributed by atoms with Crippen LogP contribution in [-0.2, 0) is 4.74 Å². The van der Waals surface area contributed by atoms with Crippen molar-refractivity contribution in [3.05, 3.63) is 0 Å². The summed E-state index contributed by atoms with van der Waals surface area (Å²) in [5.41, 5.74) is 5.35. The van der Waals surface area contributed by atoms with Gasteiger partial charge in [0.2, 0.25) is 0 Å². The molecule has 0 unspecified atom stereocenters. The molecule has 0 fully saturated rings. The molecule has 0 aromatic rings. The second-order valence-corrected chi connectivity index (χ2v) is 1.53. The van der Waals surface area contributed by atoms with Gasteiger partial charge in [-0.15, -0.1) is 0 Å². The van der Waals surface area contributed by atoms with Crippen LogP contribution in [0, 0.1) is 0 Å². The molecular formula is C5H12N2O. The first kappa shape index (κ1) is 7.43. The van der Waals surface area contributed by atoms with E-state index >= 15 is 0 Å². The van der Waals surface area contributed by atoms with E-state index in [0.717, 1.165) is 0 Å². The van der Waals surface area contributed by atoms with E-state index in [4.69, 9.17) is 10.5 Å². The Morgan fingerprint density at radius 2 is 2.25 bits per heavy atom. The van der Waals surface area contributed by atoms with Gasteiger partial charge in [0.05, 0.1) is 0 Å². The van der Waals surface area contributed by atoms with Crippen LogP contribution in [0.3, 0.4) is 0 Å². The zero-order chi connectivity index (χ0) is 6.57. The Hall–Kier alpha value is -0.570. The lowest BCUT2D eigenvalue weighted by molar-refractivity contribution is 0.169. The van der Waals surface area contributed by atoms with Crippen molar-refractivity contribution in [3.63, 3.8) is 0 Å². The Morgan fingerprint density at radius 1 is 1.75 bits per heavy atom. The first-order chi connectivity index (χ1) is 3.72. The number of amidine groups is 1. The Morgan fingerprint density at radius 3 is 2.38 bits per heavy atom. The second-order valence-electron chi connectivity index (χ2n) is 1.53. The van der Waals surface area contributed by atoms with Crippen molar-refractivity contribution in [1.82, 2.24) is 0 Å². The van der Waals surface area contributed by atoms with Crippen LogP contribution < -0.4 is 5.73 Å². The number of methoxy groups -OCH3 is 1. The number of hydrogen-bond acceptors (Lipinski definition) is 2. The van der Waals surface area contributed by atoms with Crippen LogP contribution in [0.1, 0.15) is 6.92 Å². The molecule has 0 saturated carbocycles. The molecule has 3 heteroatoms. The highest BCUT2D eigenvalue weighted by Gasteiger charge is 2.00. The second kappa shape index (κ2) is 3.43. The average Bonchev–Trinajstić information content (AvgIpc) is 1.84. The van der Waals surface area contributed by atoms with Crippen molar-refractivity contribution in [1.29, 1.82) is 0 Å². The Bertz CT molecular complexity index is 90.4. The lowest BCUT2D eigenvalue weighted by atomic mass is 10.4. The van der Waals surface area contributed by atoms with Gasteiger partial charge >= 0.3 is 0 Å². The third kappa shape index (κ3) is 1.93. The van der Waals surface area contributed by atoms with E-state index in [9.17, 15) is 0 Å². The molecule has 0 aliphatic rings. The average molecular weight is 116 g/mol. The van der Waals surface area contributed by atoms with Gasteiger partial charge in [0.25, 0.3) is 0 Å². The molecule has 8 heavy (non-hydrogen) atoms. The van der Waals surface area contributed by atoms with E-state index in [0.29, 0.717) is 5.84 Å². The minimum Gasteiger partial charge on any atom is -0.385 e. The molecular weight excluding hydrogens is 104 g/mol. The molecule has 0 heterocycles. The van der Waals surface area contributed by atoms with Gasteiger partial charge < -0.3 is 10.5 Å². The highest BCUT2D eigenvalue weighted by molar-refractivity contribution is 5.84. The van der Waals surface area contributed by atoms with Crippen molar-refractivity contribution in [2.24, 2.45) is 10.7 Å². The van der Waals surface area contributed by atoms with Gasteiger partial charge in [0.1, 0.15) is 11.9 Å². The molecule has 0 amide bonds. The van der Waals surface area contributed by atoms with Gasteiger partial charge in [-0.3, -0.25) is 4.99 Å². The number of nitrogens with two attached hydrogens (primary N) is 1. The topological polar surface area (TPSA) is 47.6 Å². The van der Waals surface area contributed by atoms with E-state index in [1.807, 2.05) is 6.92 Å². The van der Waals surface area contributed by atoms with Gasteiger partial charge in [0.15, 0.2) is 0 Å². The fourth-order valence-electron chi connectivity index (χ4n) is 0.303. The van der Waals surface area contributed by atoms with Crippen LogP contribution in [0.25, 0.3) is 0 Å². The molecule has 3 nitrogen and oxygen atoms in total. The maximum Gasteiger partial charge on any atom is 0.123 e. The van der Waals surface area contributed by atoms with Crippen molar-refractivity contribution < 1.29 is 4.74 Å². The molecule has 0 aromatic carbocycles. The highest BCUT2D eigenvalue weighted by Crippen LogP contribution is 1.84. The lowest BCUT2D eigenvalue weighted by Gasteiger charge is -2.05. The van der Waals surface area contributed by atoms with Crippen molar-refractivity contribution in [2.45, 2.75) is 13.0 Å². The van der Waals surface area contributed by atoms with Gasteiger partial charge in [-0.25, -0.2) is 0 Å². The molecule has 0 aliphatic heterocycles. The summed E-state index contributed by atoms with van der Waals surface area (Å²) < 4.78 is 4.85. The number of nitrogens with zero attached hydrogens (tertiary/aromatic N) is 1. The van der Waals surface area contributed by atoms with Gasteiger partial charge in [0, 0.05) is 14.2 Å². The summed E-state index contributed by atoms with van der Waals surface area (Å²) in [6.07, 6.45) is -0.0556. The first-order valence-corrected chi connectivity index (χ1v) is 2.47. The number of hydrogen-bond donors (Lipinski definition) is 1. The molecule has 0 saturated heterocycles. The van der Waals surface area contributed by atoms with E-state index in [2.05, 4.69) is 4.99 Å². The summed E-state index contributed by atoms with van der Waals surface area (Å²) in [6.45, 7) is 1.85. The summed E-state index contributed by atoms with van der Waals surface area (Å²) in [5, 5.41) is 0. The zero-order valence-corrected chi connectivity index (χ0v) is 5.51. The van der Waals surface area contributed by atoms with Crippen LogP contribution in [0.5, 0.6) is 0 Å². The minimum absolute atomic E-state index is 0.0556. The fourth-order valence-corrected chi connectivity index (χ4v) is 0.303. The molecule has 0 radical (unpaired) electrons. The van der Waals surface area contributed by atoms with E-state index < -0.39 is 0 Å². The summed E-state index contributed by atoms with van der Waals surface area (Å²) >= 11 is 0. The minimum atomic E-state index is -0.0556. The van der Waals surface area contributed by atoms with Crippen LogP contribution in [0.4, 0.5) is 0 Å². The SMILES string of the molecule is CN=C(N)[C@H](C)OC. The lowest BCUT2D eigenvalue weighted by Crippen LogP contribution is -2.27. The molecule has 0 bridgehead atoms. The van der Waals surface area contributed by atoms with Gasteiger partial charge in [-0.1, -0.05) is 0 Å². The van der Waals surface area contributed by atoms with Crippen LogP contribution in [0.2, 0.25) is 0 Å². The summed E-state index contributed by atoms with van der Waals surface area (Å²) in [6, 6.07) is 0. The Kier molecular flexibility index (Phi) is 3.19. The van der Waals surface area contributed by atoms with E-state index in [1.54, 1.807) is 14.2 Å². The monoisotopic (exact) mass is 116 g/mol. The number of aliphatic imine (C=N–C) groups is 1. The quantitative estimate of drug-likeness (QED) is 0.408. The molecule has 48 valence electrons. The summed E-state index contributed by atoms with van der Waals surface area (Å²) in [5.74, 6) is 0.535. The Balaban J connectivity index is 3.63. The maximum absolute atomic E-state index is 5.35. The van der Waals surface area contributed by atoms with E-state index in [1.165, 1.54) is 0 Å². The zero-order valence-electron chi connectivity index (χ0n) is 5.51. The molecule has 0 aromatic heterocycles. The van der Waals surface area contributed by atoms with Crippen LogP contribution in [0.15, 0.2) is 4.99 Å². The Labute approximate surface area is 49.5 Å². The number of rotatable bonds is 2. The summed E-state index contributed by atoms with van der Waals surface area (Å²) in [7, 11) is 3.24. The first-order valence-electron chi connectivity index (χ1n) is 2.47. The molecule has 2 N–H and O–H groups in total. The largest absolute Gasteiger partial charge is 0.385 e. The molecule has 0 aliphatic carbocycles. The standard InChI is InChI=1S/C5H12N2O/c1-4(8-3)5(6)7-2/h4H,1-3H3,(H2,6,7)/t4-/m0/s1. The van der Waals surface area contributed by atoms with Crippen molar-refractivity contribution >= 4 is 5.84 Å².